The molecule has 2 rings (SSSR count). The van der Waals surface area contributed by atoms with Gasteiger partial charge in [0.25, 0.3) is 0 Å². The minimum Gasteiger partial charge on any atom is -0.368 e. The molecule has 0 radical (unpaired) electrons. The first-order valence-corrected chi connectivity index (χ1v) is 7.83. The Kier molecular flexibility index (Phi) is 3.43. The van der Waals surface area contributed by atoms with Gasteiger partial charge in [-0.05, 0) is 19.8 Å². The molecule has 18 heavy (non-hydrogen) atoms. The van der Waals surface area contributed by atoms with Crippen LogP contribution in [0.3, 0.4) is 0 Å². The highest BCUT2D eigenvalue weighted by Crippen LogP contribution is 2.22. The van der Waals surface area contributed by atoms with Crippen LogP contribution in [0.25, 0.3) is 0 Å². The quantitative estimate of drug-likeness (QED) is 0.831. The number of hydrogen-bond acceptors (Lipinski definition) is 6. The zero-order valence-electron chi connectivity index (χ0n) is 10.6. The van der Waals surface area contributed by atoms with Gasteiger partial charge in [-0.25, -0.2) is 13.4 Å². The van der Waals surface area contributed by atoms with Crippen LogP contribution >= 0.6 is 0 Å². The Labute approximate surface area is 107 Å². The van der Waals surface area contributed by atoms with Crippen LogP contribution < -0.4 is 11.1 Å². The number of nitrogens with two attached hydrogens (primary N) is 1. The molecule has 2 heterocycles. The van der Waals surface area contributed by atoms with E-state index in [0.29, 0.717) is 12.2 Å². The second kappa shape index (κ2) is 4.72. The molecular weight excluding hydrogens is 252 g/mol. The summed E-state index contributed by atoms with van der Waals surface area (Å²) in [6.45, 7) is 3.89. The summed E-state index contributed by atoms with van der Waals surface area (Å²) in [4.78, 5) is 8.29. The van der Waals surface area contributed by atoms with Crippen molar-refractivity contribution in [2.75, 3.05) is 22.6 Å². The normalized spacial score (nSPS) is 22.0. The van der Waals surface area contributed by atoms with Gasteiger partial charge in [0.2, 0.25) is 5.95 Å². The first-order chi connectivity index (χ1) is 8.41. The molecule has 0 bridgehead atoms. The first kappa shape index (κ1) is 13.1. The van der Waals surface area contributed by atoms with Gasteiger partial charge in [0.1, 0.15) is 5.82 Å². The van der Waals surface area contributed by atoms with Gasteiger partial charge in [-0.3, -0.25) is 0 Å². The van der Waals surface area contributed by atoms with E-state index in [1.807, 2.05) is 13.8 Å². The lowest BCUT2D eigenvalue weighted by Gasteiger charge is -2.16. The van der Waals surface area contributed by atoms with Crippen LogP contribution in [-0.2, 0) is 16.3 Å². The zero-order valence-corrected chi connectivity index (χ0v) is 11.4. The van der Waals surface area contributed by atoms with Crippen molar-refractivity contribution < 1.29 is 8.42 Å². The van der Waals surface area contributed by atoms with Crippen molar-refractivity contribution in [3.8, 4) is 0 Å². The van der Waals surface area contributed by atoms with Gasteiger partial charge in [-0.2, -0.15) is 4.98 Å². The minimum atomic E-state index is -2.89. The molecule has 0 aliphatic carbocycles. The Morgan fingerprint density at radius 1 is 1.44 bits per heavy atom. The number of nitrogen functional groups attached to an aromatic ring is 1. The van der Waals surface area contributed by atoms with Crippen LogP contribution in [0, 0.1) is 6.92 Å². The molecule has 0 saturated carbocycles. The first-order valence-electron chi connectivity index (χ1n) is 6.01. The van der Waals surface area contributed by atoms with Gasteiger partial charge in [0.05, 0.1) is 11.5 Å². The number of nitrogens with one attached hydrogen (secondary N) is 1. The van der Waals surface area contributed by atoms with Gasteiger partial charge in [-0.1, -0.05) is 6.92 Å². The molecule has 1 aliphatic heterocycles. The molecule has 1 atom stereocenters. The summed E-state index contributed by atoms with van der Waals surface area (Å²) < 4.78 is 22.8. The summed E-state index contributed by atoms with van der Waals surface area (Å²) in [5.74, 6) is 1.29. The van der Waals surface area contributed by atoms with E-state index in [2.05, 4.69) is 15.3 Å². The molecular formula is C11H18N4O2S. The predicted molar refractivity (Wildman–Crippen MR) is 71.2 cm³/mol. The van der Waals surface area contributed by atoms with E-state index < -0.39 is 9.84 Å². The zero-order chi connectivity index (χ0) is 13.3. The van der Waals surface area contributed by atoms with Crippen molar-refractivity contribution in [1.29, 1.82) is 0 Å². The lowest BCUT2D eigenvalue weighted by atomic mass is 10.1. The molecule has 0 spiro atoms. The highest BCUT2D eigenvalue weighted by atomic mass is 32.2. The smallest absolute Gasteiger partial charge is 0.222 e. The number of sulfone groups is 1. The maximum Gasteiger partial charge on any atom is 0.222 e. The lowest BCUT2D eigenvalue weighted by Crippen LogP contribution is -2.23. The fourth-order valence-electron chi connectivity index (χ4n) is 2.26. The molecule has 1 aromatic rings. The molecule has 1 aliphatic rings. The average molecular weight is 270 g/mol. The van der Waals surface area contributed by atoms with Gasteiger partial charge in [0, 0.05) is 17.3 Å². The van der Waals surface area contributed by atoms with Crippen molar-refractivity contribution in [3.05, 3.63) is 11.3 Å². The van der Waals surface area contributed by atoms with Crippen molar-refractivity contribution in [2.24, 2.45) is 0 Å². The lowest BCUT2D eigenvalue weighted by molar-refractivity contribution is 0.602. The number of hydrogen-bond donors (Lipinski definition) is 2. The van der Waals surface area contributed by atoms with Gasteiger partial charge in [-0.15, -0.1) is 0 Å². The van der Waals surface area contributed by atoms with Crippen LogP contribution in [-0.4, -0.2) is 35.9 Å². The van der Waals surface area contributed by atoms with Crippen molar-refractivity contribution >= 4 is 21.6 Å². The molecule has 1 unspecified atom stereocenters. The highest BCUT2D eigenvalue weighted by Gasteiger charge is 2.28. The van der Waals surface area contributed by atoms with E-state index in [0.717, 1.165) is 17.7 Å². The Morgan fingerprint density at radius 2 is 2.17 bits per heavy atom. The standard InChI is InChI=1S/C11H18N4O2S/c1-3-9-7(2)13-11(12)15-10(9)14-8-4-5-18(16,17)6-8/h8H,3-6H2,1-2H3,(H3,12,13,14,15). The monoisotopic (exact) mass is 270 g/mol. The van der Waals surface area contributed by atoms with Crippen molar-refractivity contribution in [1.82, 2.24) is 9.97 Å². The molecule has 1 saturated heterocycles. The van der Waals surface area contributed by atoms with Gasteiger partial charge < -0.3 is 11.1 Å². The Bertz CT molecular complexity index is 556. The third kappa shape index (κ3) is 2.72. The van der Waals surface area contributed by atoms with Crippen LogP contribution in [0.15, 0.2) is 0 Å². The summed E-state index contributed by atoms with van der Waals surface area (Å²) in [5.41, 5.74) is 7.47. The Hall–Kier alpha value is -1.37. The summed E-state index contributed by atoms with van der Waals surface area (Å²) in [7, 11) is -2.89. The van der Waals surface area contributed by atoms with Crippen LogP contribution in [0.1, 0.15) is 24.6 Å². The second-order valence-electron chi connectivity index (χ2n) is 4.59. The van der Waals surface area contributed by atoms with Crippen LogP contribution in [0.4, 0.5) is 11.8 Å². The third-order valence-corrected chi connectivity index (χ3v) is 4.93. The fourth-order valence-corrected chi connectivity index (χ4v) is 3.94. The van der Waals surface area contributed by atoms with Gasteiger partial charge in [0.15, 0.2) is 9.84 Å². The van der Waals surface area contributed by atoms with E-state index in [1.165, 1.54) is 0 Å². The van der Waals surface area contributed by atoms with Crippen LogP contribution in [0.5, 0.6) is 0 Å². The highest BCUT2D eigenvalue weighted by molar-refractivity contribution is 7.91. The number of rotatable bonds is 3. The number of aromatic nitrogens is 2. The van der Waals surface area contributed by atoms with Gasteiger partial charge >= 0.3 is 0 Å². The number of aryl methyl sites for hydroxylation is 1. The van der Waals surface area contributed by atoms with E-state index in [9.17, 15) is 8.42 Å². The minimum absolute atomic E-state index is 0.0750. The number of anilines is 2. The summed E-state index contributed by atoms with van der Waals surface area (Å²) >= 11 is 0. The Morgan fingerprint density at radius 3 is 2.72 bits per heavy atom. The predicted octanol–water partition coefficient (Wildman–Crippen LogP) is 0.529. The molecule has 0 amide bonds. The summed E-state index contributed by atoms with van der Waals surface area (Å²) in [6.07, 6.45) is 1.41. The molecule has 6 nitrogen and oxygen atoms in total. The van der Waals surface area contributed by atoms with E-state index >= 15 is 0 Å². The molecule has 3 N–H and O–H groups in total. The summed E-state index contributed by atoms with van der Waals surface area (Å²) in [6, 6.07) is -0.0750. The third-order valence-electron chi connectivity index (χ3n) is 3.16. The Balaban J connectivity index is 2.24. The van der Waals surface area contributed by atoms with Crippen LogP contribution in [0.2, 0.25) is 0 Å². The fraction of sp³-hybridized carbons (Fsp3) is 0.636. The molecule has 0 aromatic carbocycles. The molecule has 1 fully saturated rings. The largest absolute Gasteiger partial charge is 0.368 e. The SMILES string of the molecule is CCc1c(C)nc(N)nc1NC1CCS(=O)(=O)C1. The molecule has 7 heteroatoms. The summed E-state index contributed by atoms with van der Waals surface area (Å²) in [5, 5.41) is 3.19. The average Bonchev–Trinajstić information content (AvgIpc) is 2.57. The maximum absolute atomic E-state index is 11.4. The van der Waals surface area contributed by atoms with E-state index in [-0.39, 0.29) is 23.5 Å². The molecule has 100 valence electrons. The van der Waals surface area contributed by atoms with Crippen molar-refractivity contribution in [3.63, 3.8) is 0 Å². The van der Waals surface area contributed by atoms with E-state index in [4.69, 9.17) is 5.73 Å². The van der Waals surface area contributed by atoms with E-state index in [1.54, 1.807) is 0 Å². The topological polar surface area (TPSA) is 98.0 Å². The number of nitrogens with zero attached hydrogens (tertiary/aromatic N) is 2. The van der Waals surface area contributed by atoms with Crippen molar-refractivity contribution in [2.45, 2.75) is 32.7 Å². The molecule has 1 aromatic heterocycles. The second-order valence-corrected chi connectivity index (χ2v) is 6.82. The maximum atomic E-state index is 11.4.